The summed E-state index contributed by atoms with van der Waals surface area (Å²) in [7, 11) is 0. The lowest BCUT2D eigenvalue weighted by Gasteiger charge is -2.05. The van der Waals surface area contributed by atoms with E-state index in [2.05, 4.69) is 10.1 Å². The number of hydrogen-bond acceptors (Lipinski definition) is 3. The first-order valence-corrected chi connectivity index (χ1v) is 4.93. The fourth-order valence-electron chi connectivity index (χ4n) is 1.45. The molecule has 78 valence electrons. The molecule has 0 aromatic carbocycles. The van der Waals surface area contributed by atoms with Crippen molar-refractivity contribution in [2.75, 3.05) is 0 Å². The van der Waals surface area contributed by atoms with E-state index in [0.29, 0.717) is 13.1 Å². The second-order valence-corrected chi connectivity index (χ2v) is 3.45. The van der Waals surface area contributed by atoms with E-state index >= 15 is 0 Å². The van der Waals surface area contributed by atoms with Crippen molar-refractivity contribution in [1.29, 1.82) is 0 Å². The highest BCUT2D eigenvalue weighted by atomic mass is 15.3. The normalized spacial score (nSPS) is 10.5. The van der Waals surface area contributed by atoms with Gasteiger partial charge in [0.2, 0.25) is 0 Å². The third-order valence-corrected chi connectivity index (χ3v) is 2.31. The molecule has 0 saturated heterocycles. The van der Waals surface area contributed by atoms with Crippen LogP contribution in [-0.2, 0) is 13.1 Å². The van der Waals surface area contributed by atoms with Crippen molar-refractivity contribution in [1.82, 2.24) is 14.8 Å². The van der Waals surface area contributed by atoms with Crippen LogP contribution in [0, 0.1) is 6.92 Å². The molecule has 0 aliphatic rings. The minimum Gasteiger partial charge on any atom is -0.325 e. The molecule has 2 N–H and O–H groups in total. The third-order valence-electron chi connectivity index (χ3n) is 2.31. The summed E-state index contributed by atoms with van der Waals surface area (Å²) in [5.41, 5.74) is 8.58. The largest absolute Gasteiger partial charge is 0.325 e. The standard InChI is InChI=1S/C11H14N4/c1-9-5-6-13-15(9)8-11-4-2-3-10(7-12)14-11/h2-6H,7-8,12H2,1H3. The Morgan fingerprint density at radius 2 is 2.07 bits per heavy atom. The molecule has 0 aliphatic carbocycles. The van der Waals surface area contributed by atoms with Crippen LogP contribution < -0.4 is 5.73 Å². The SMILES string of the molecule is Cc1ccnn1Cc1cccc(CN)n1. The first-order valence-electron chi connectivity index (χ1n) is 4.93. The van der Waals surface area contributed by atoms with Crippen molar-refractivity contribution in [3.8, 4) is 0 Å². The van der Waals surface area contributed by atoms with E-state index in [1.165, 1.54) is 0 Å². The zero-order valence-electron chi connectivity index (χ0n) is 8.72. The predicted molar refractivity (Wildman–Crippen MR) is 58.2 cm³/mol. The van der Waals surface area contributed by atoms with Gasteiger partial charge in [-0.05, 0) is 25.1 Å². The highest BCUT2D eigenvalue weighted by Gasteiger charge is 2.00. The van der Waals surface area contributed by atoms with Crippen LogP contribution in [0.4, 0.5) is 0 Å². The monoisotopic (exact) mass is 202 g/mol. The number of aryl methyl sites for hydroxylation is 1. The van der Waals surface area contributed by atoms with Crippen molar-refractivity contribution in [2.45, 2.75) is 20.0 Å². The van der Waals surface area contributed by atoms with Gasteiger partial charge in [-0.25, -0.2) is 0 Å². The minimum atomic E-state index is 0.478. The molecule has 0 fully saturated rings. The molecule has 0 amide bonds. The van der Waals surface area contributed by atoms with Crippen LogP contribution in [0.3, 0.4) is 0 Å². The van der Waals surface area contributed by atoms with Gasteiger partial charge >= 0.3 is 0 Å². The molecule has 0 saturated carbocycles. The highest BCUT2D eigenvalue weighted by molar-refractivity contribution is 5.12. The molecule has 4 nitrogen and oxygen atoms in total. The number of pyridine rings is 1. The molecule has 0 bridgehead atoms. The molecule has 0 unspecified atom stereocenters. The van der Waals surface area contributed by atoms with Crippen molar-refractivity contribution in [3.05, 3.63) is 47.5 Å². The molecule has 4 heteroatoms. The van der Waals surface area contributed by atoms with Crippen molar-refractivity contribution in [2.24, 2.45) is 5.73 Å². The zero-order chi connectivity index (χ0) is 10.7. The molecule has 2 heterocycles. The summed E-state index contributed by atoms with van der Waals surface area (Å²) in [5, 5.41) is 4.21. The Morgan fingerprint density at radius 1 is 1.27 bits per heavy atom. The van der Waals surface area contributed by atoms with Gasteiger partial charge in [0, 0.05) is 18.4 Å². The van der Waals surface area contributed by atoms with Gasteiger partial charge in [-0.3, -0.25) is 9.67 Å². The molecule has 2 rings (SSSR count). The Labute approximate surface area is 88.8 Å². The summed E-state index contributed by atoms with van der Waals surface area (Å²) in [4.78, 5) is 4.42. The molecule has 0 aliphatic heterocycles. The van der Waals surface area contributed by atoms with Crippen LogP contribution in [0.5, 0.6) is 0 Å². The molecule has 2 aromatic rings. The Morgan fingerprint density at radius 3 is 2.73 bits per heavy atom. The zero-order valence-corrected chi connectivity index (χ0v) is 8.72. The van der Waals surface area contributed by atoms with Crippen LogP contribution in [-0.4, -0.2) is 14.8 Å². The van der Waals surface area contributed by atoms with Crippen LogP contribution in [0.1, 0.15) is 17.1 Å². The van der Waals surface area contributed by atoms with Gasteiger partial charge in [-0.2, -0.15) is 5.10 Å². The van der Waals surface area contributed by atoms with E-state index in [9.17, 15) is 0 Å². The maximum Gasteiger partial charge on any atom is 0.0834 e. The second-order valence-electron chi connectivity index (χ2n) is 3.45. The average Bonchev–Trinajstić information content (AvgIpc) is 2.65. The summed E-state index contributed by atoms with van der Waals surface area (Å²) in [6.07, 6.45) is 1.79. The second kappa shape index (κ2) is 4.23. The maximum atomic E-state index is 5.54. The van der Waals surface area contributed by atoms with E-state index in [4.69, 9.17) is 5.73 Å². The summed E-state index contributed by atoms with van der Waals surface area (Å²) in [6, 6.07) is 7.87. The molecule has 2 aromatic heterocycles. The predicted octanol–water partition coefficient (Wildman–Crippen LogP) is 1.09. The van der Waals surface area contributed by atoms with E-state index in [1.54, 1.807) is 6.20 Å². The van der Waals surface area contributed by atoms with Crippen molar-refractivity contribution >= 4 is 0 Å². The average molecular weight is 202 g/mol. The van der Waals surface area contributed by atoms with Gasteiger partial charge in [-0.1, -0.05) is 6.07 Å². The lowest BCUT2D eigenvalue weighted by molar-refractivity contribution is 0.649. The number of nitrogens with zero attached hydrogens (tertiary/aromatic N) is 3. The number of hydrogen-bond donors (Lipinski definition) is 1. The Bertz CT molecular complexity index is 447. The van der Waals surface area contributed by atoms with Crippen LogP contribution in [0.15, 0.2) is 30.5 Å². The molecular formula is C11H14N4. The van der Waals surface area contributed by atoms with Gasteiger partial charge in [0.25, 0.3) is 0 Å². The van der Waals surface area contributed by atoms with Gasteiger partial charge in [0.05, 0.1) is 17.9 Å². The van der Waals surface area contributed by atoms with Gasteiger partial charge in [-0.15, -0.1) is 0 Å². The minimum absolute atomic E-state index is 0.478. The van der Waals surface area contributed by atoms with E-state index in [-0.39, 0.29) is 0 Å². The first kappa shape index (κ1) is 9.86. The third kappa shape index (κ3) is 2.22. The first-order chi connectivity index (χ1) is 7.29. The lowest BCUT2D eigenvalue weighted by atomic mass is 10.3. The van der Waals surface area contributed by atoms with E-state index in [0.717, 1.165) is 17.1 Å². The Balaban J connectivity index is 2.21. The maximum absolute atomic E-state index is 5.54. The van der Waals surface area contributed by atoms with E-state index in [1.807, 2.05) is 35.9 Å². The van der Waals surface area contributed by atoms with Crippen molar-refractivity contribution < 1.29 is 0 Å². The quantitative estimate of drug-likeness (QED) is 0.810. The number of rotatable bonds is 3. The van der Waals surface area contributed by atoms with E-state index < -0.39 is 0 Å². The van der Waals surface area contributed by atoms with Crippen LogP contribution in [0.25, 0.3) is 0 Å². The molecular weight excluding hydrogens is 188 g/mol. The summed E-state index contributed by atoms with van der Waals surface area (Å²) in [6.45, 7) is 3.21. The van der Waals surface area contributed by atoms with Crippen LogP contribution in [0.2, 0.25) is 0 Å². The lowest BCUT2D eigenvalue weighted by Crippen LogP contribution is -2.07. The molecule has 0 spiro atoms. The highest BCUT2D eigenvalue weighted by Crippen LogP contribution is 2.03. The Hall–Kier alpha value is -1.68. The summed E-state index contributed by atoms with van der Waals surface area (Å²) in [5.74, 6) is 0. The summed E-state index contributed by atoms with van der Waals surface area (Å²) >= 11 is 0. The molecule has 0 atom stereocenters. The van der Waals surface area contributed by atoms with Gasteiger partial charge in [0.15, 0.2) is 0 Å². The smallest absolute Gasteiger partial charge is 0.0834 e. The number of aromatic nitrogens is 3. The van der Waals surface area contributed by atoms with Crippen molar-refractivity contribution in [3.63, 3.8) is 0 Å². The van der Waals surface area contributed by atoms with Gasteiger partial charge in [0.1, 0.15) is 0 Å². The topological polar surface area (TPSA) is 56.7 Å². The molecule has 15 heavy (non-hydrogen) atoms. The Kier molecular flexibility index (Phi) is 2.78. The number of nitrogens with two attached hydrogens (primary N) is 1. The summed E-state index contributed by atoms with van der Waals surface area (Å²) < 4.78 is 1.92. The van der Waals surface area contributed by atoms with Gasteiger partial charge < -0.3 is 5.73 Å². The fraction of sp³-hybridized carbons (Fsp3) is 0.273. The fourth-order valence-corrected chi connectivity index (χ4v) is 1.45. The van der Waals surface area contributed by atoms with Crippen LogP contribution >= 0.6 is 0 Å². The molecule has 0 radical (unpaired) electrons.